The van der Waals surface area contributed by atoms with Gasteiger partial charge >= 0.3 is 0 Å². The van der Waals surface area contributed by atoms with E-state index in [9.17, 15) is 4.79 Å². The maximum Gasteiger partial charge on any atom is 0.252 e. The normalized spacial score (nSPS) is 14.6. The Labute approximate surface area is 120 Å². The Balaban J connectivity index is 1.74. The number of halogens is 2. The topological polar surface area (TPSA) is 41.1 Å². The zero-order valence-corrected chi connectivity index (χ0v) is 12.4. The predicted molar refractivity (Wildman–Crippen MR) is 77.1 cm³/mol. The van der Waals surface area contributed by atoms with Gasteiger partial charge in [-0.25, -0.2) is 0 Å². The summed E-state index contributed by atoms with van der Waals surface area (Å²) in [6, 6.07) is 5.99. The summed E-state index contributed by atoms with van der Waals surface area (Å²) in [6.45, 7) is 1.62. The van der Waals surface area contributed by atoms with Crippen LogP contribution < -0.4 is 10.6 Å². The van der Waals surface area contributed by atoms with Gasteiger partial charge in [-0.05, 0) is 44.0 Å². The summed E-state index contributed by atoms with van der Waals surface area (Å²) in [5.74, 6) is -0.118. The van der Waals surface area contributed by atoms with Crippen molar-refractivity contribution in [3.8, 4) is 0 Å². The first kappa shape index (κ1) is 13.8. The van der Waals surface area contributed by atoms with Crippen LogP contribution in [0, 0.1) is 0 Å². The van der Waals surface area contributed by atoms with Gasteiger partial charge in [0.25, 0.3) is 5.91 Å². The molecule has 3 nitrogen and oxygen atoms in total. The molecule has 0 saturated heterocycles. The molecule has 1 aromatic rings. The number of carbonyl (C=O) groups excluding carboxylic acids is 1. The SMILES string of the molecule is O=C(NCCCNC1CC1)c1cc(Br)ccc1Cl. The van der Waals surface area contributed by atoms with Crippen LogP contribution in [0.3, 0.4) is 0 Å². The van der Waals surface area contributed by atoms with Gasteiger partial charge < -0.3 is 10.6 Å². The maximum atomic E-state index is 11.9. The lowest BCUT2D eigenvalue weighted by molar-refractivity contribution is 0.0953. The number of nitrogens with one attached hydrogen (secondary N) is 2. The first-order valence-electron chi connectivity index (χ1n) is 6.13. The molecule has 0 aliphatic heterocycles. The number of hydrogen-bond donors (Lipinski definition) is 2. The fraction of sp³-hybridized carbons (Fsp3) is 0.462. The third-order valence-corrected chi connectivity index (χ3v) is 3.65. The second-order valence-electron chi connectivity index (χ2n) is 4.46. The highest BCUT2D eigenvalue weighted by atomic mass is 79.9. The third-order valence-electron chi connectivity index (χ3n) is 2.82. The molecule has 0 radical (unpaired) electrons. The fourth-order valence-electron chi connectivity index (χ4n) is 1.65. The van der Waals surface area contributed by atoms with Crippen molar-refractivity contribution in [2.75, 3.05) is 13.1 Å². The molecule has 0 unspecified atom stereocenters. The monoisotopic (exact) mass is 330 g/mol. The average Bonchev–Trinajstić information content (AvgIpc) is 3.15. The Kier molecular flexibility index (Phi) is 5.03. The van der Waals surface area contributed by atoms with E-state index in [2.05, 4.69) is 26.6 Å². The largest absolute Gasteiger partial charge is 0.352 e. The average molecular weight is 332 g/mol. The van der Waals surface area contributed by atoms with E-state index in [1.54, 1.807) is 12.1 Å². The van der Waals surface area contributed by atoms with Crippen molar-refractivity contribution in [1.82, 2.24) is 10.6 Å². The smallest absolute Gasteiger partial charge is 0.252 e. The van der Waals surface area contributed by atoms with Crippen LogP contribution in [-0.4, -0.2) is 25.0 Å². The highest BCUT2D eigenvalue weighted by molar-refractivity contribution is 9.10. The molecule has 0 aromatic heterocycles. The molecule has 0 heterocycles. The van der Waals surface area contributed by atoms with Crippen LogP contribution >= 0.6 is 27.5 Å². The zero-order chi connectivity index (χ0) is 13.0. The minimum atomic E-state index is -0.118. The molecular weight excluding hydrogens is 316 g/mol. The van der Waals surface area contributed by atoms with Crippen molar-refractivity contribution in [3.05, 3.63) is 33.3 Å². The lowest BCUT2D eigenvalue weighted by Gasteiger charge is -2.07. The molecule has 1 saturated carbocycles. The third kappa shape index (κ3) is 4.26. The Morgan fingerprint density at radius 3 is 2.89 bits per heavy atom. The molecule has 0 spiro atoms. The van der Waals surface area contributed by atoms with Gasteiger partial charge in [0.2, 0.25) is 0 Å². The molecule has 1 aliphatic rings. The molecule has 0 bridgehead atoms. The van der Waals surface area contributed by atoms with Crippen LogP contribution in [-0.2, 0) is 0 Å². The first-order chi connectivity index (χ1) is 8.66. The van der Waals surface area contributed by atoms with Gasteiger partial charge in [-0.3, -0.25) is 4.79 Å². The number of benzene rings is 1. The van der Waals surface area contributed by atoms with Gasteiger partial charge in [0.1, 0.15) is 0 Å². The number of hydrogen-bond acceptors (Lipinski definition) is 2. The Hall–Kier alpha value is -0.580. The summed E-state index contributed by atoms with van der Waals surface area (Å²) in [6.07, 6.45) is 3.52. The highest BCUT2D eigenvalue weighted by Gasteiger charge is 2.19. The summed E-state index contributed by atoms with van der Waals surface area (Å²) in [5.41, 5.74) is 0.515. The predicted octanol–water partition coefficient (Wildman–Crippen LogP) is 2.97. The zero-order valence-electron chi connectivity index (χ0n) is 10.0. The molecule has 1 amide bonds. The molecule has 2 N–H and O–H groups in total. The van der Waals surface area contributed by atoms with E-state index in [0.29, 0.717) is 17.1 Å². The van der Waals surface area contributed by atoms with E-state index in [1.165, 1.54) is 12.8 Å². The van der Waals surface area contributed by atoms with Crippen molar-refractivity contribution >= 4 is 33.4 Å². The first-order valence-corrected chi connectivity index (χ1v) is 7.30. The van der Waals surface area contributed by atoms with Crippen molar-refractivity contribution in [2.45, 2.75) is 25.3 Å². The number of rotatable bonds is 6. The van der Waals surface area contributed by atoms with Gasteiger partial charge in [0.15, 0.2) is 0 Å². The van der Waals surface area contributed by atoms with Crippen molar-refractivity contribution in [2.24, 2.45) is 0 Å². The van der Waals surface area contributed by atoms with Gasteiger partial charge in [-0.15, -0.1) is 0 Å². The van der Waals surface area contributed by atoms with Crippen LogP contribution in [0.25, 0.3) is 0 Å². The number of carbonyl (C=O) groups is 1. The minimum Gasteiger partial charge on any atom is -0.352 e. The molecule has 2 rings (SSSR count). The highest BCUT2D eigenvalue weighted by Crippen LogP contribution is 2.21. The molecule has 5 heteroatoms. The van der Waals surface area contributed by atoms with E-state index in [1.807, 2.05) is 6.07 Å². The van der Waals surface area contributed by atoms with Crippen molar-refractivity contribution in [3.63, 3.8) is 0 Å². The van der Waals surface area contributed by atoms with Gasteiger partial charge in [0.05, 0.1) is 10.6 Å². The van der Waals surface area contributed by atoms with E-state index in [4.69, 9.17) is 11.6 Å². The van der Waals surface area contributed by atoms with E-state index in [0.717, 1.165) is 23.5 Å². The number of amides is 1. The maximum absolute atomic E-state index is 11.9. The van der Waals surface area contributed by atoms with E-state index in [-0.39, 0.29) is 5.91 Å². The van der Waals surface area contributed by atoms with Crippen LogP contribution in [0.15, 0.2) is 22.7 Å². The van der Waals surface area contributed by atoms with E-state index >= 15 is 0 Å². The Morgan fingerprint density at radius 1 is 1.39 bits per heavy atom. The lowest BCUT2D eigenvalue weighted by Crippen LogP contribution is -2.28. The molecule has 18 heavy (non-hydrogen) atoms. The summed E-state index contributed by atoms with van der Waals surface area (Å²) in [7, 11) is 0. The van der Waals surface area contributed by atoms with Crippen LogP contribution in [0.2, 0.25) is 5.02 Å². The van der Waals surface area contributed by atoms with Crippen molar-refractivity contribution in [1.29, 1.82) is 0 Å². The Bertz CT molecular complexity index is 435. The van der Waals surface area contributed by atoms with Crippen molar-refractivity contribution < 1.29 is 4.79 Å². The van der Waals surface area contributed by atoms with Gasteiger partial charge in [-0.2, -0.15) is 0 Å². The Morgan fingerprint density at radius 2 is 2.17 bits per heavy atom. The molecule has 1 aromatic carbocycles. The summed E-state index contributed by atoms with van der Waals surface area (Å²) >= 11 is 9.32. The summed E-state index contributed by atoms with van der Waals surface area (Å²) in [5, 5.41) is 6.76. The van der Waals surface area contributed by atoms with Gasteiger partial charge in [0, 0.05) is 17.1 Å². The van der Waals surface area contributed by atoms with Crippen LogP contribution in [0.4, 0.5) is 0 Å². The quantitative estimate of drug-likeness (QED) is 0.787. The molecule has 98 valence electrons. The standard InChI is InChI=1S/C13H16BrClN2O/c14-9-2-5-12(15)11(8-9)13(18)17-7-1-6-16-10-3-4-10/h2,5,8,10,16H,1,3-4,6-7H2,(H,17,18). The summed E-state index contributed by atoms with van der Waals surface area (Å²) < 4.78 is 0.854. The molecular formula is C13H16BrClN2O. The van der Waals surface area contributed by atoms with E-state index < -0.39 is 0 Å². The lowest BCUT2D eigenvalue weighted by atomic mass is 10.2. The molecule has 1 aliphatic carbocycles. The second kappa shape index (κ2) is 6.55. The molecule has 1 fully saturated rings. The minimum absolute atomic E-state index is 0.118. The second-order valence-corrected chi connectivity index (χ2v) is 5.78. The summed E-state index contributed by atoms with van der Waals surface area (Å²) in [4.78, 5) is 11.9. The van der Waals surface area contributed by atoms with Crippen LogP contribution in [0.1, 0.15) is 29.6 Å². The molecule has 0 atom stereocenters. The fourth-order valence-corrected chi connectivity index (χ4v) is 2.22. The van der Waals surface area contributed by atoms with Gasteiger partial charge in [-0.1, -0.05) is 27.5 Å². The van der Waals surface area contributed by atoms with Crippen LogP contribution in [0.5, 0.6) is 0 Å².